The Hall–Kier alpha value is -1.33. The first-order valence-corrected chi connectivity index (χ1v) is 6.25. The van der Waals surface area contributed by atoms with Crippen LogP contribution in [0.2, 0.25) is 5.02 Å². The minimum Gasteiger partial charge on any atom is -0.478 e. The fourth-order valence-electron chi connectivity index (χ4n) is 1.89. The number of carbonyl (C=O) groups is 1. The zero-order valence-electron chi connectivity index (χ0n) is 9.86. The van der Waals surface area contributed by atoms with Gasteiger partial charge in [-0.05, 0) is 24.8 Å². The molecular formula is C12H15ClN2O3. The van der Waals surface area contributed by atoms with Gasteiger partial charge in [-0.1, -0.05) is 11.6 Å². The van der Waals surface area contributed by atoms with Gasteiger partial charge in [-0.3, -0.25) is 0 Å². The van der Waals surface area contributed by atoms with Crippen molar-refractivity contribution in [3.63, 3.8) is 0 Å². The number of ether oxygens (including phenoxy) is 1. The molecule has 1 aliphatic rings. The van der Waals surface area contributed by atoms with E-state index in [0.717, 1.165) is 32.6 Å². The third-order valence-corrected chi connectivity index (χ3v) is 3.19. The Morgan fingerprint density at radius 2 is 2.50 bits per heavy atom. The molecule has 1 aromatic rings. The Bertz CT molecular complexity index is 433. The molecule has 1 atom stereocenters. The normalized spacial score (nSPS) is 19.5. The average molecular weight is 271 g/mol. The third-order valence-electron chi connectivity index (χ3n) is 2.90. The molecule has 1 aliphatic heterocycles. The van der Waals surface area contributed by atoms with E-state index >= 15 is 0 Å². The van der Waals surface area contributed by atoms with Gasteiger partial charge in [0.05, 0.1) is 17.2 Å². The largest absolute Gasteiger partial charge is 0.478 e. The molecule has 0 amide bonds. The van der Waals surface area contributed by atoms with Crippen LogP contribution in [0.25, 0.3) is 0 Å². The van der Waals surface area contributed by atoms with Crippen LogP contribution in [0.5, 0.6) is 0 Å². The van der Waals surface area contributed by atoms with E-state index in [1.807, 2.05) is 0 Å². The van der Waals surface area contributed by atoms with Crippen molar-refractivity contribution < 1.29 is 14.6 Å². The van der Waals surface area contributed by atoms with Crippen LogP contribution in [0.1, 0.15) is 23.2 Å². The summed E-state index contributed by atoms with van der Waals surface area (Å²) in [7, 11) is 0. The molecule has 5 nitrogen and oxygen atoms in total. The van der Waals surface area contributed by atoms with Crippen LogP contribution in [-0.2, 0) is 4.74 Å². The maximum absolute atomic E-state index is 10.7. The molecule has 2 rings (SSSR count). The monoisotopic (exact) mass is 270 g/mol. The van der Waals surface area contributed by atoms with Gasteiger partial charge in [0, 0.05) is 19.3 Å². The van der Waals surface area contributed by atoms with Gasteiger partial charge in [0.2, 0.25) is 0 Å². The SMILES string of the molecule is O=C(O)c1cnc(NCC2CCCOC2)c(Cl)c1. The van der Waals surface area contributed by atoms with Gasteiger partial charge in [0.1, 0.15) is 5.82 Å². The predicted molar refractivity (Wildman–Crippen MR) is 68.2 cm³/mol. The number of halogens is 1. The standard InChI is InChI=1S/C12H15ClN2O3/c13-10-4-9(12(16)17)6-15-11(10)14-5-8-2-1-3-18-7-8/h4,6,8H,1-3,5,7H2,(H,14,15)(H,16,17). The highest BCUT2D eigenvalue weighted by Crippen LogP contribution is 2.21. The Labute approximate surface area is 110 Å². The summed E-state index contributed by atoms with van der Waals surface area (Å²) in [5.74, 6) is -0.0559. The van der Waals surface area contributed by atoms with Gasteiger partial charge in [-0.25, -0.2) is 9.78 Å². The van der Waals surface area contributed by atoms with Gasteiger partial charge >= 0.3 is 5.97 Å². The molecule has 6 heteroatoms. The van der Waals surface area contributed by atoms with Crippen molar-refractivity contribution >= 4 is 23.4 Å². The number of carboxylic acid groups (broad SMARTS) is 1. The molecule has 18 heavy (non-hydrogen) atoms. The minimum absolute atomic E-state index is 0.0894. The fraction of sp³-hybridized carbons (Fsp3) is 0.500. The van der Waals surface area contributed by atoms with E-state index in [1.54, 1.807) is 0 Å². The van der Waals surface area contributed by atoms with Gasteiger partial charge in [-0.15, -0.1) is 0 Å². The first kappa shape index (κ1) is 13.1. The number of hydrogen-bond acceptors (Lipinski definition) is 4. The van der Waals surface area contributed by atoms with Crippen molar-refractivity contribution in [2.75, 3.05) is 25.1 Å². The van der Waals surface area contributed by atoms with Crippen molar-refractivity contribution in [2.24, 2.45) is 5.92 Å². The number of anilines is 1. The molecule has 0 saturated carbocycles. The lowest BCUT2D eigenvalue weighted by molar-refractivity contribution is 0.0595. The van der Waals surface area contributed by atoms with Crippen LogP contribution < -0.4 is 5.32 Å². The summed E-state index contributed by atoms with van der Waals surface area (Å²) in [6.45, 7) is 2.32. The second-order valence-electron chi connectivity index (χ2n) is 4.32. The van der Waals surface area contributed by atoms with Gasteiger partial charge in [0.15, 0.2) is 0 Å². The summed E-state index contributed by atoms with van der Waals surface area (Å²) in [4.78, 5) is 14.8. The second kappa shape index (κ2) is 6.02. The summed E-state index contributed by atoms with van der Waals surface area (Å²) >= 11 is 5.97. The van der Waals surface area contributed by atoms with Crippen molar-refractivity contribution in [1.82, 2.24) is 4.98 Å². The molecule has 0 radical (unpaired) electrons. The minimum atomic E-state index is -1.03. The van der Waals surface area contributed by atoms with E-state index in [1.165, 1.54) is 12.3 Å². The summed E-state index contributed by atoms with van der Waals surface area (Å²) in [6.07, 6.45) is 3.50. The molecule has 0 bridgehead atoms. The maximum atomic E-state index is 10.7. The van der Waals surface area contributed by atoms with Crippen molar-refractivity contribution in [3.05, 3.63) is 22.8 Å². The molecule has 0 spiro atoms. The van der Waals surface area contributed by atoms with E-state index < -0.39 is 5.97 Å². The molecular weight excluding hydrogens is 256 g/mol. The topological polar surface area (TPSA) is 71.5 Å². The summed E-state index contributed by atoms with van der Waals surface area (Å²) in [6, 6.07) is 1.40. The third kappa shape index (κ3) is 3.34. The number of nitrogens with zero attached hydrogens (tertiary/aromatic N) is 1. The Kier molecular flexibility index (Phi) is 4.38. The van der Waals surface area contributed by atoms with E-state index in [2.05, 4.69) is 10.3 Å². The quantitative estimate of drug-likeness (QED) is 0.878. The average Bonchev–Trinajstić information content (AvgIpc) is 2.38. The second-order valence-corrected chi connectivity index (χ2v) is 4.73. The van der Waals surface area contributed by atoms with E-state index in [9.17, 15) is 4.79 Å². The summed E-state index contributed by atoms with van der Waals surface area (Å²) < 4.78 is 5.38. The fourth-order valence-corrected chi connectivity index (χ4v) is 2.13. The van der Waals surface area contributed by atoms with Gasteiger partial charge < -0.3 is 15.2 Å². The number of aromatic nitrogens is 1. The number of aromatic carboxylic acids is 1. The molecule has 2 heterocycles. The van der Waals surface area contributed by atoms with E-state index in [0.29, 0.717) is 16.8 Å². The zero-order valence-corrected chi connectivity index (χ0v) is 10.6. The van der Waals surface area contributed by atoms with E-state index in [4.69, 9.17) is 21.4 Å². The van der Waals surface area contributed by atoms with Crippen LogP contribution in [0.4, 0.5) is 5.82 Å². The number of nitrogens with one attached hydrogen (secondary N) is 1. The highest BCUT2D eigenvalue weighted by Gasteiger charge is 2.15. The highest BCUT2D eigenvalue weighted by molar-refractivity contribution is 6.33. The lowest BCUT2D eigenvalue weighted by atomic mass is 10.0. The van der Waals surface area contributed by atoms with E-state index in [-0.39, 0.29) is 5.56 Å². The molecule has 1 fully saturated rings. The first-order valence-electron chi connectivity index (χ1n) is 5.87. The van der Waals surface area contributed by atoms with Crippen LogP contribution >= 0.6 is 11.6 Å². The first-order chi connectivity index (χ1) is 8.66. The molecule has 0 aromatic carbocycles. The molecule has 1 unspecified atom stereocenters. The molecule has 0 aliphatic carbocycles. The van der Waals surface area contributed by atoms with Crippen LogP contribution in [0.15, 0.2) is 12.3 Å². The van der Waals surface area contributed by atoms with Crippen LogP contribution in [0.3, 0.4) is 0 Å². The molecule has 98 valence electrons. The lowest BCUT2D eigenvalue weighted by Crippen LogP contribution is -2.24. The number of rotatable bonds is 4. The number of hydrogen-bond donors (Lipinski definition) is 2. The molecule has 1 aromatic heterocycles. The molecule has 1 saturated heterocycles. The zero-order chi connectivity index (χ0) is 13.0. The van der Waals surface area contributed by atoms with Crippen molar-refractivity contribution in [1.29, 1.82) is 0 Å². The Morgan fingerprint density at radius 1 is 1.67 bits per heavy atom. The summed E-state index contributed by atoms with van der Waals surface area (Å²) in [5, 5.41) is 12.3. The summed E-state index contributed by atoms with van der Waals surface area (Å²) in [5.41, 5.74) is 0.0894. The van der Waals surface area contributed by atoms with Crippen molar-refractivity contribution in [3.8, 4) is 0 Å². The highest BCUT2D eigenvalue weighted by atomic mass is 35.5. The van der Waals surface area contributed by atoms with Crippen LogP contribution in [0, 0.1) is 5.92 Å². The van der Waals surface area contributed by atoms with Gasteiger partial charge in [0.25, 0.3) is 0 Å². The smallest absolute Gasteiger partial charge is 0.337 e. The Morgan fingerprint density at radius 3 is 3.11 bits per heavy atom. The lowest BCUT2D eigenvalue weighted by Gasteiger charge is -2.22. The Balaban J connectivity index is 1.94. The maximum Gasteiger partial charge on any atom is 0.337 e. The number of pyridine rings is 1. The predicted octanol–water partition coefficient (Wildman–Crippen LogP) is 2.27. The number of carboxylic acids is 1. The van der Waals surface area contributed by atoms with Crippen LogP contribution in [-0.4, -0.2) is 35.8 Å². The van der Waals surface area contributed by atoms with Gasteiger partial charge in [-0.2, -0.15) is 0 Å². The molecule has 2 N–H and O–H groups in total. The van der Waals surface area contributed by atoms with Crippen molar-refractivity contribution in [2.45, 2.75) is 12.8 Å².